The topological polar surface area (TPSA) is 64.4 Å². The lowest BCUT2D eigenvalue weighted by molar-refractivity contribution is 0.0690. The number of aryl methyl sites for hydroxylation is 1. The van der Waals surface area contributed by atoms with E-state index in [1.807, 2.05) is 0 Å². The van der Waals surface area contributed by atoms with Crippen molar-refractivity contribution in [3.8, 4) is 0 Å². The third kappa shape index (κ3) is 1.29. The number of fused-ring (bicyclic) bond motifs is 1. The van der Waals surface area contributed by atoms with Gasteiger partial charge in [0.2, 0.25) is 0 Å². The average molecular weight is 196 g/mol. The summed E-state index contributed by atoms with van der Waals surface area (Å²) >= 11 is 0. The van der Waals surface area contributed by atoms with Crippen LogP contribution in [0, 0.1) is 0 Å². The smallest absolute Gasteiger partial charge is 0.339 e. The molecule has 2 rings (SSSR count). The quantitative estimate of drug-likeness (QED) is 0.771. The van der Waals surface area contributed by atoms with Crippen molar-refractivity contribution < 1.29 is 14.6 Å². The van der Waals surface area contributed by atoms with Crippen LogP contribution in [0.2, 0.25) is 0 Å². The van der Waals surface area contributed by atoms with Crippen LogP contribution in [0.4, 0.5) is 0 Å². The number of carboxylic acids is 1. The monoisotopic (exact) mass is 196 g/mol. The highest BCUT2D eigenvalue weighted by molar-refractivity contribution is 5.90. The third-order valence-electron chi connectivity index (χ3n) is 2.41. The lowest BCUT2D eigenvalue weighted by atomic mass is 10.1. The van der Waals surface area contributed by atoms with Gasteiger partial charge in [0.25, 0.3) is 0 Å². The van der Waals surface area contributed by atoms with E-state index in [-0.39, 0.29) is 6.61 Å². The standard InChI is InChI=1S/C9H12N2O3/c1-14-5-6-8(9(12)13)7-3-2-4-11(7)10-6/h2-5H2,1H3,(H,12,13). The van der Waals surface area contributed by atoms with E-state index in [4.69, 9.17) is 9.84 Å². The van der Waals surface area contributed by atoms with E-state index in [2.05, 4.69) is 5.10 Å². The van der Waals surface area contributed by atoms with Crippen LogP contribution in [0.1, 0.15) is 28.2 Å². The predicted octanol–water partition coefficient (Wildman–Crippen LogP) is 0.674. The van der Waals surface area contributed by atoms with E-state index in [9.17, 15) is 4.79 Å². The van der Waals surface area contributed by atoms with E-state index in [1.54, 1.807) is 4.68 Å². The zero-order valence-corrected chi connectivity index (χ0v) is 7.99. The Morgan fingerprint density at radius 3 is 3.14 bits per heavy atom. The van der Waals surface area contributed by atoms with Crippen molar-refractivity contribution in [1.82, 2.24) is 9.78 Å². The van der Waals surface area contributed by atoms with Gasteiger partial charge >= 0.3 is 5.97 Å². The van der Waals surface area contributed by atoms with E-state index < -0.39 is 5.97 Å². The van der Waals surface area contributed by atoms with Gasteiger partial charge in [-0.15, -0.1) is 0 Å². The largest absolute Gasteiger partial charge is 0.478 e. The maximum Gasteiger partial charge on any atom is 0.339 e. The van der Waals surface area contributed by atoms with Gasteiger partial charge in [0, 0.05) is 13.7 Å². The van der Waals surface area contributed by atoms with Crippen molar-refractivity contribution >= 4 is 5.97 Å². The lowest BCUT2D eigenvalue weighted by Crippen LogP contribution is -2.04. The Hall–Kier alpha value is -1.36. The van der Waals surface area contributed by atoms with Crippen LogP contribution < -0.4 is 0 Å². The van der Waals surface area contributed by atoms with E-state index in [1.165, 1.54) is 7.11 Å². The SMILES string of the molecule is COCc1nn2c(c1C(=O)O)CCC2. The number of methoxy groups -OCH3 is 1. The molecule has 1 aromatic heterocycles. The second kappa shape index (κ2) is 3.42. The first-order chi connectivity index (χ1) is 6.74. The van der Waals surface area contributed by atoms with Crippen molar-refractivity contribution in [2.24, 2.45) is 0 Å². The second-order valence-electron chi connectivity index (χ2n) is 3.33. The van der Waals surface area contributed by atoms with Gasteiger partial charge in [0.05, 0.1) is 12.3 Å². The number of hydrogen-bond donors (Lipinski definition) is 1. The molecule has 76 valence electrons. The molecular weight excluding hydrogens is 184 g/mol. The Balaban J connectivity index is 2.45. The molecule has 1 aliphatic rings. The first-order valence-electron chi connectivity index (χ1n) is 4.55. The van der Waals surface area contributed by atoms with Crippen LogP contribution in [-0.2, 0) is 24.3 Å². The summed E-state index contributed by atoms with van der Waals surface area (Å²) in [6.07, 6.45) is 1.79. The Labute approximate surface area is 81.3 Å². The fourth-order valence-electron chi connectivity index (χ4n) is 1.87. The average Bonchev–Trinajstić information content (AvgIpc) is 2.62. The lowest BCUT2D eigenvalue weighted by Gasteiger charge is -1.97. The van der Waals surface area contributed by atoms with Gasteiger partial charge in [-0.3, -0.25) is 4.68 Å². The number of nitrogens with zero attached hydrogens (tertiary/aromatic N) is 2. The number of ether oxygens (including phenoxy) is 1. The highest BCUT2D eigenvalue weighted by atomic mass is 16.5. The minimum atomic E-state index is -0.903. The van der Waals surface area contributed by atoms with Crippen molar-refractivity contribution in [2.45, 2.75) is 26.0 Å². The minimum absolute atomic E-state index is 0.266. The molecule has 1 aromatic rings. The number of carboxylic acid groups (broad SMARTS) is 1. The van der Waals surface area contributed by atoms with Crippen LogP contribution in [-0.4, -0.2) is 28.0 Å². The molecule has 2 heterocycles. The predicted molar refractivity (Wildman–Crippen MR) is 48.2 cm³/mol. The van der Waals surface area contributed by atoms with Crippen LogP contribution in [0.15, 0.2) is 0 Å². The van der Waals surface area contributed by atoms with Gasteiger partial charge in [0.15, 0.2) is 0 Å². The highest BCUT2D eigenvalue weighted by Gasteiger charge is 2.25. The second-order valence-corrected chi connectivity index (χ2v) is 3.33. The van der Waals surface area contributed by atoms with Gasteiger partial charge in [-0.2, -0.15) is 5.10 Å². The molecule has 0 aliphatic carbocycles. The maximum absolute atomic E-state index is 11.0. The number of rotatable bonds is 3. The van der Waals surface area contributed by atoms with Gasteiger partial charge < -0.3 is 9.84 Å². The Morgan fingerprint density at radius 1 is 1.71 bits per heavy atom. The summed E-state index contributed by atoms with van der Waals surface area (Å²) in [7, 11) is 1.54. The van der Waals surface area contributed by atoms with Crippen molar-refractivity contribution in [1.29, 1.82) is 0 Å². The fraction of sp³-hybridized carbons (Fsp3) is 0.556. The molecule has 5 heteroatoms. The first kappa shape index (κ1) is 9.21. The molecule has 0 bridgehead atoms. The molecule has 1 N–H and O–H groups in total. The van der Waals surface area contributed by atoms with Gasteiger partial charge in [-0.05, 0) is 12.8 Å². The van der Waals surface area contributed by atoms with Gasteiger partial charge in [-0.25, -0.2) is 4.79 Å². The molecular formula is C9H12N2O3. The summed E-state index contributed by atoms with van der Waals surface area (Å²) in [5, 5.41) is 13.2. The molecule has 0 radical (unpaired) electrons. The Kier molecular flexibility index (Phi) is 2.25. The minimum Gasteiger partial charge on any atom is -0.478 e. The molecule has 0 unspecified atom stereocenters. The molecule has 0 atom stereocenters. The van der Waals surface area contributed by atoms with E-state index in [0.717, 1.165) is 25.1 Å². The molecule has 0 aromatic carbocycles. The molecule has 0 saturated carbocycles. The van der Waals surface area contributed by atoms with Gasteiger partial charge in [-0.1, -0.05) is 0 Å². The molecule has 0 saturated heterocycles. The highest BCUT2D eigenvalue weighted by Crippen LogP contribution is 2.22. The summed E-state index contributed by atoms with van der Waals surface area (Å²) < 4.78 is 6.69. The number of aromatic nitrogens is 2. The number of carbonyl (C=O) groups is 1. The molecule has 1 aliphatic heterocycles. The van der Waals surface area contributed by atoms with E-state index >= 15 is 0 Å². The fourth-order valence-corrected chi connectivity index (χ4v) is 1.87. The Morgan fingerprint density at radius 2 is 2.50 bits per heavy atom. The molecule has 0 amide bonds. The first-order valence-corrected chi connectivity index (χ1v) is 4.55. The zero-order valence-electron chi connectivity index (χ0n) is 7.99. The van der Waals surface area contributed by atoms with E-state index in [0.29, 0.717) is 11.3 Å². The third-order valence-corrected chi connectivity index (χ3v) is 2.41. The van der Waals surface area contributed by atoms with Crippen LogP contribution in [0.25, 0.3) is 0 Å². The summed E-state index contributed by atoms with van der Waals surface area (Å²) in [6, 6.07) is 0. The van der Waals surface area contributed by atoms with Crippen LogP contribution in [0.5, 0.6) is 0 Å². The molecule has 0 spiro atoms. The normalized spacial score (nSPS) is 14.4. The summed E-state index contributed by atoms with van der Waals surface area (Å²) in [6.45, 7) is 1.08. The number of aromatic carboxylic acids is 1. The molecule has 14 heavy (non-hydrogen) atoms. The van der Waals surface area contributed by atoms with Gasteiger partial charge in [0.1, 0.15) is 11.3 Å². The number of hydrogen-bond acceptors (Lipinski definition) is 3. The molecule has 5 nitrogen and oxygen atoms in total. The summed E-state index contributed by atoms with van der Waals surface area (Å²) in [5.74, 6) is -0.903. The summed E-state index contributed by atoms with van der Waals surface area (Å²) in [5.41, 5.74) is 1.71. The van der Waals surface area contributed by atoms with Crippen molar-refractivity contribution in [3.63, 3.8) is 0 Å². The van der Waals surface area contributed by atoms with Crippen LogP contribution in [0.3, 0.4) is 0 Å². The van der Waals surface area contributed by atoms with Crippen LogP contribution >= 0.6 is 0 Å². The Bertz CT molecular complexity index is 370. The molecule has 0 fully saturated rings. The zero-order chi connectivity index (χ0) is 10.1. The van der Waals surface area contributed by atoms with Crippen molar-refractivity contribution in [2.75, 3.05) is 7.11 Å². The maximum atomic E-state index is 11.0. The van der Waals surface area contributed by atoms with Crippen molar-refractivity contribution in [3.05, 3.63) is 17.0 Å². The summed E-state index contributed by atoms with van der Waals surface area (Å²) in [4.78, 5) is 11.0.